The van der Waals surface area contributed by atoms with Crippen LogP contribution in [0, 0.1) is 19.8 Å². The van der Waals surface area contributed by atoms with Gasteiger partial charge in [0.1, 0.15) is 0 Å². The molecule has 0 saturated heterocycles. The van der Waals surface area contributed by atoms with Crippen molar-refractivity contribution in [2.45, 2.75) is 63.8 Å². The lowest BCUT2D eigenvalue weighted by Crippen LogP contribution is -2.38. The second kappa shape index (κ2) is 6.90. The molecule has 2 nitrogen and oxygen atoms in total. The number of amides is 1. The minimum Gasteiger partial charge on any atom is -0.353 e. The van der Waals surface area contributed by atoms with Crippen LogP contribution in [0.15, 0.2) is 48.5 Å². The first kappa shape index (κ1) is 17.3. The SMILES string of the molecule is Cc1cccc(C2(c3cccc(C)c3)CC2C(=O)NC2CCCCC2)c1. The van der Waals surface area contributed by atoms with E-state index >= 15 is 0 Å². The van der Waals surface area contributed by atoms with Crippen LogP contribution in [0.4, 0.5) is 0 Å². The molecule has 0 aliphatic heterocycles. The van der Waals surface area contributed by atoms with E-state index in [1.165, 1.54) is 41.5 Å². The van der Waals surface area contributed by atoms with Gasteiger partial charge in [0.25, 0.3) is 0 Å². The van der Waals surface area contributed by atoms with Crippen LogP contribution in [-0.4, -0.2) is 11.9 Å². The number of benzene rings is 2. The van der Waals surface area contributed by atoms with Crippen LogP contribution >= 0.6 is 0 Å². The third kappa shape index (κ3) is 3.18. The molecule has 0 spiro atoms. The lowest BCUT2D eigenvalue weighted by Gasteiger charge is -2.24. The van der Waals surface area contributed by atoms with E-state index in [1.54, 1.807) is 0 Å². The Labute approximate surface area is 157 Å². The highest BCUT2D eigenvalue weighted by molar-refractivity contribution is 5.86. The van der Waals surface area contributed by atoms with Crippen molar-refractivity contribution >= 4 is 5.91 Å². The first-order chi connectivity index (χ1) is 12.6. The van der Waals surface area contributed by atoms with Gasteiger partial charge < -0.3 is 5.32 Å². The van der Waals surface area contributed by atoms with E-state index in [2.05, 4.69) is 67.7 Å². The van der Waals surface area contributed by atoms with E-state index < -0.39 is 0 Å². The molecule has 0 bridgehead atoms. The largest absolute Gasteiger partial charge is 0.353 e. The molecule has 2 aromatic carbocycles. The third-order valence-electron chi connectivity index (χ3n) is 6.30. The Morgan fingerprint density at radius 3 is 2.04 bits per heavy atom. The Kier molecular flexibility index (Phi) is 4.60. The lowest BCUT2D eigenvalue weighted by molar-refractivity contribution is -0.123. The highest BCUT2D eigenvalue weighted by Gasteiger charge is 2.60. The van der Waals surface area contributed by atoms with Crippen molar-refractivity contribution in [1.29, 1.82) is 0 Å². The molecule has 136 valence electrons. The monoisotopic (exact) mass is 347 g/mol. The molecule has 0 radical (unpaired) electrons. The molecule has 0 heterocycles. The number of aryl methyl sites for hydroxylation is 2. The summed E-state index contributed by atoms with van der Waals surface area (Å²) in [6.07, 6.45) is 7.00. The molecule has 1 amide bonds. The molecule has 2 aromatic rings. The molecule has 1 unspecified atom stereocenters. The average Bonchev–Trinajstić information content (AvgIpc) is 3.40. The number of nitrogens with one attached hydrogen (secondary N) is 1. The van der Waals surface area contributed by atoms with E-state index in [0.29, 0.717) is 6.04 Å². The standard InChI is InChI=1S/C24H29NO/c1-17-8-6-10-19(14-17)24(20-11-7-9-18(2)15-20)16-22(24)23(26)25-21-12-4-3-5-13-21/h6-11,14-15,21-22H,3-5,12-13,16H2,1-2H3,(H,25,26). The van der Waals surface area contributed by atoms with Gasteiger partial charge in [0.15, 0.2) is 0 Å². The minimum absolute atomic E-state index is 0.0491. The Hall–Kier alpha value is -2.09. The summed E-state index contributed by atoms with van der Waals surface area (Å²) in [5.41, 5.74) is 4.93. The summed E-state index contributed by atoms with van der Waals surface area (Å²) < 4.78 is 0. The van der Waals surface area contributed by atoms with Crippen molar-refractivity contribution < 1.29 is 4.79 Å². The molecule has 2 aliphatic carbocycles. The molecule has 2 heteroatoms. The van der Waals surface area contributed by atoms with Crippen molar-refractivity contribution in [2.75, 3.05) is 0 Å². The Bertz CT molecular complexity index is 758. The first-order valence-corrected chi connectivity index (χ1v) is 10.0. The summed E-state index contributed by atoms with van der Waals surface area (Å²) >= 11 is 0. The van der Waals surface area contributed by atoms with Gasteiger partial charge in [-0.25, -0.2) is 0 Å². The summed E-state index contributed by atoms with van der Waals surface area (Å²) in [6.45, 7) is 4.26. The Morgan fingerprint density at radius 1 is 0.923 bits per heavy atom. The quantitative estimate of drug-likeness (QED) is 0.823. The van der Waals surface area contributed by atoms with Gasteiger partial charge in [0.2, 0.25) is 5.91 Å². The van der Waals surface area contributed by atoms with E-state index in [-0.39, 0.29) is 17.2 Å². The fourth-order valence-corrected chi connectivity index (χ4v) is 4.78. The Morgan fingerprint density at radius 2 is 1.50 bits per heavy atom. The number of carbonyl (C=O) groups excluding carboxylic acids is 1. The van der Waals surface area contributed by atoms with Crippen LogP contribution in [0.1, 0.15) is 60.8 Å². The molecular weight excluding hydrogens is 318 g/mol. The zero-order chi connectivity index (χ0) is 18.1. The van der Waals surface area contributed by atoms with Gasteiger partial charge in [-0.05, 0) is 44.2 Å². The fourth-order valence-electron chi connectivity index (χ4n) is 4.78. The van der Waals surface area contributed by atoms with E-state index in [4.69, 9.17) is 0 Å². The van der Waals surface area contributed by atoms with Gasteiger partial charge in [-0.3, -0.25) is 4.79 Å². The van der Waals surface area contributed by atoms with Crippen LogP contribution in [0.5, 0.6) is 0 Å². The highest BCUT2D eigenvalue weighted by atomic mass is 16.2. The topological polar surface area (TPSA) is 29.1 Å². The summed E-state index contributed by atoms with van der Waals surface area (Å²) in [4.78, 5) is 13.1. The fraction of sp³-hybridized carbons (Fsp3) is 0.458. The normalized spacial score (nSPS) is 22.0. The summed E-state index contributed by atoms with van der Waals surface area (Å²) in [7, 11) is 0. The van der Waals surface area contributed by atoms with Crippen LogP contribution in [0.25, 0.3) is 0 Å². The van der Waals surface area contributed by atoms with Gasteiger partial charge in [0.05, 0.1) is 5.92 Å². The maximum atomic E-state index is 13.1. The summed E-state index contributed by atoms with van der Waals surface area (Å²) in [6, 6.07) is 17.8. The van der Waals surface area contributed by atoms with Crippen LogP contribution in [0.3, 0.4) is 0 Å². The smallest absolute Gasteiger partial charge is 0.224 e. The number of hydrogen-bond donors (Lipinski definition) is 1. The van der Waals surface area contributed by atoms with Gasteiger partial charge in [-0.2, -0.15) is 0 Å². The first-order valence-electron chi connectivity index (χ1n) is 10.0. The highest BCUT2D eigenvalue weighted by Crippen LogP contribution is 2.59. The molecular formula is C24H29NO. The second-order valence-electron chi connectivity index (χ2n) is 8.31. The average molecular weight is 348 g/mol. The molecule has 2 fully saturated rings. The molecule has 26 heavy (non-hydrogen) atoms. The van der Waals surface area contributed by atoms with Crippen molar-refractivity contribution in [2.24, 2.45) is 5.92 Å². The van der Waals surface area contributed by atoms with Gasteiger partial charge >= 0.3 is 0 Å². The van der Waals surface area contributed by atoms with Crippen LogP contribution in [-0.2, 0) is 10.2 Å². The molecule has 2 saturated carbocycles. The lowest BCUT2D eigenvalue weighted by atomic mass is 9.84. The minimum atomic E-state index is -0.156. The number of rotatable bonds is 4. The molecule has 4 rings (SSSR count). The third-order valence-corrected chi connectivity index (χ3v) is 6.30. The van der Waals surface area contributed by atoms with Gasteiger partial charge in [0, 0.05) is 11.5 Å². The molecule has 0 aromatic heterocycles. The predicted molar refractivity (Wildman–Crippen MR) is 106 cm³/mol. The molecule has 1 atom stereocenters. The summed E-state index contributed by atoms with van der Waals surface area (Å²) in [5, 5.41) is 3.37. The number of hydrogen-bond acceptors (Lipinski definition) is 1. The predicted octanol–water partition coefficient (Wildman–Crippen LogP) is 5.06. The van der Waals surface area contributed by atoms with E-state index in [0.717, 1.165) is 19.3 Å². The summed E-state index contributed by atoms with van der Waals surface area (Å²) in [5.74, 6) is 0.299. The van der Waals surface area contributed by atoms with E-state index in [9.17, 15) is 4.79 Å². The Balaban J connectivity index is 1.64. The molecule has 2 aliphatic rings. The molecule has 1 N–H and O–H groups in total. The van der Waals surface area contributed by atoms with Crippen molar-refractivity contribution in [3.8, 4) is 0 Å². The second-order valence-corrected chi connectivity index (χ2v) is 8.31. The zero-order valence-corrected chi connectivity index (χ0v) is 15.9. The maximum absolute atomic E-state index is 13.1. The van der Waals surface area contributed by atoms with Crippen molar-refractivity contribution in [1.82, 2.24) is 5.32 Å². The maximum Gasteiger partial charge on any atom is 0.224 e. The van der Waals surface area contributed by atoms with Crippen LogP contribution in [0.2, 0.25) is 0 Å². The number of carbonyl (C=O) groups is 1. The van der Waals surface area contributed by atoms with Gasteiger partial charge in [-0.15, -0.1) is 0 Å². The van der Waals surface area contributed by atoms with Crippen molar-refractivity contribution in [3.05, 3.63) is 70.8 Å². The zero-order valence-electron chi connectivity index (χ0n) is 15.9. The van der Waals surface area contributed by atoms with Crippen molar-refractivity contribution in [3.63, 3.8) is 0 Å². The van der Waals surface area contributed by atoms with Crippen LogP contribution < -0.4 is 5.32 Å². The van der Waals surface area contributed by atoms with E-state index in [1.807, 2.05) is 0 Å². The van der Waals surface area contributed by atoms with Gasteiger partial charge in [-0.1, -0.05) is 78.9 Å².